The summed E-state index contributed by atoms with van der Waals surface area (Å²) in [5.74, 6) is -0.196. The summed E-state index contributed by atoms with van der Waals surface area (Å²) in [7, 11) is 1.80. The van der Waals surface area contributed by atoms with Gasteiger partial charge in [-0.1, -0.05) is 72.3 Å². The Morgan fingerprint density at radius 1 is 1.06 bits per heavy atom. The number of para-hydroxylation sites is 1. The number of nitrogens with zero attached hydrogens (tertiary/aromatic N) is 2. The first-order valence-electron chi connectivity index (χ1n) is 12.1. The highest BCUT2D eigenvalue weighted by Gasteiger charge is 2.37. The SMILES string of the molecule is CN1C(=O)CN=C(c2ccccc2)c2ccccc21.NC(=O)C1(Cc2ccc(Cl)cc2)CCCNC1. The highest BCUT2D eigenvalue weighted by Crippen LogP contribution is 2.31. The molecule has 5 rings (SSSR count). The largest absolute Gasteiger partial charge is 0.369 e. The van der Waals surface area contributed by atoms with Gasteiger partial charge in [0, 0.05) is 29.7 Å². The summed E-state index contributed by atoms with van der Waals surface area (Å²) in [5, 5.41) is 3.97. The lowest BCUT2D eigenvalue weighted by molar-refractivity contribution is -0.128. The second-order valence-electron chi connectivity index (χ2n) is 9.23. The number of nitrogens with two attached hydrogens (primary N) is 1. The average Bonchev–Trinajstić information content (AvgIpc) is 3.03. The van der Waals surface area contributed by atoms with E-state index in [9.17, 15) is 9.59 Å². The van der Waals surface area contributed by atoms with Crippen LogP contribution in [0.5, 0.6) is 0 Å². The molecular formula is C29H31ClN4O2. The van der Waals surface area contributed by atoms with Gasteiger partial charge in [0.05, 0.1) is 16.8 Å². The Morgan fingerprint density at radius 3 is 2.42 bits per heavy atom. The number of likely N-dealkylation sites (N-methyl/N-ethyl adjacent to an activating group) is 1. The maximum Gasteiger partial charge on any atom is 0.248 e. The molecule has 2 aliphatic heterocycles. The van der Waals surface area contributed by atoms with Gasteiger partial charge in [0.1, 0.15) is 6.54 Å². The molecule has 0 spiro atoms. The normalized spacial score (nSPS) is 19.3. The zero-order chi connectivity index (χ0) is 25.5. The third-order valence-electron chi connectivity index (χ3n) is 6.77. The number of fused-ring (bicyclic) bond motifs is 1. The van der Waals surface area contributed by atoms with E-state index in [0.29, 0.717) is 18.0 Å². The van der Waals surface area contributed by atoms with Gasteiger partial charge in [-0.15, -0.1) is 0 Å². The third kappa shape index (κ3) is 5.83. The Bertz CT molecular complexity index is 1240. The molecule has 6 nitrogen and oxygen atoms in total. The van der Waals surface area contributed by atoms with E-state index in [4.69, 9.17) is 17.3 Å². The number of hydrogen-bond donors (Lipinski definition) is 2. The van der Waals surface area contributed by atoms with Crippen LogP contribution in [0, 0.1) is 5.41 Å². The second kappa shape index (κ2) is 11.5. The molecule has 3 aromatic carbocycles. The molecule has 2 heterocycles. The van der Waals surface area contributed by atoms with E-state index in [1.165, 1.54) is 0 Å². The first-order valence-corrected chi connectivity index (χ1v) is 12.5. The molecule has 3 aromatic rings. The molecule has 1 fully saturated rings. The van der Waals surface area contributed by atoms with Crippen LogP contribution in [0.15, 0.2) is 83.9 Å². The fourth-order valence-corrected chi connectivity index (χ4v) is 4.82. The van der Waals surface area contributed by atoms with Crippen LogP contribution < -0.4 is 16.0 Å². The zero-order valence-corrected chi connectivity index (χ0v) is 21.2. The van der Waals surface area contributed by atoms with Crippen LogP contribution >= 0.6 is 11.6 Å². The van der Waals surface area contributed by atoms with Crippen molar-refractivity contribution in [3.05, 3.63) is 101 Å². The van der Waals surface area contributed by atoms with Gasteiger partial charge in [-0.3, -0.25) is 14.6 Å². The molecule has 2 amide bonds. The Kier molecular flexibility index (Phi) is 8.18. The first kappa shape index (κ1) is 25.6. The number of carbonyl (C=O) groups is 2. The zero-order valence-electron chi connectivity index (χ0n) is 20.4. The second-order valence-corrected chi connectivity index (χ2v) is 9.67. The van der Waals surface area contributed by atoms with Crippen molar-refractivity contribution in [1.82, 2.24) is 5.32 Å². The molecule has 7 heteroatoms. The Labute approximate surface area is 217 Å². The summed E-state index contributed by atoms with van der Waals surface area (Å²) in [6, 6.07) is 25.5. The number of benzene rings is 3. The summed E-state index contributed by atoms with van der Waals surface area (Å²) in [6.45, 7) is 1.83. The molecule has 3 N–H and O–H groups in total. The summed E-state index contributed by atoms with van der Waals surface area (Å²) in [6.07, 6.45) is 2.54. The van der Waals surface area contributed by atoms with E-state index in [2.05, 4.69) is 10.3 Å². The summed E-state index contributed by atoms with van der Waals surface area (Å²) >= 11 is 5.85. The first-order chi connectivity index (χ1) is 17.4. The fraction of sp³-hybridized carbons (Fsp3) is 0.276. The quantitative estimate of drug-likeness (QED) is 0.559. The molecule has 2 aliphatic rings. The van der Waals surface area contributed by atoms with Crippen LogP contribution in [0.25, 0.3) is 0 Å². The van der Waals surface area contributed by atoms with Crippen molar-refractivity contribution in [3.8, 4) is 0 Å². The number of hydrogen-bond acceptors (Lipinski definition) is 4. The van der Waals surface area contributed by atoms with Crippen LogP contribution in [0.4, 0.5) is 5.69 Å². The average molecular weight is 503 g/mol. The summed E-state index contributed by atoms with van der Waals surface area (Å²) in [4.78, 5) is 29.8. The standard InChI is InChI=1S/C16H14N2O.C13H17ClN2O/c1-18-14-10-6-5-9-13(14)16(17-11-15(18)19)12-7-3-2-4-8-12;14-11-4-2-10(3-5-11)8-13(12(15)17)6-1-7-16-9-13/h2-10H,11H2,1H3;2-5,16H,1,6-9H2,(H2,15,17). The van der Waals surface area contributed by atoms with Crippen molar-refractivity contribution in [2.75, 3.05) is 31.6 Å². The van der Waals surface area contributed by atoms with Gasteiger partial charge in [0.15, 0.2) is 0 Å². The van der Waals surface area contributed by atoms with Crippen LogP contribution in [0.1, 0.15) is 29.5 Å². The maximum absolute atomic E-state index is 12.0. The number of piperidine rings is 1. The molecule has 0 radical (unpaired) electrons. The number of carbonyl (C=O) groups excluding carboxylic acids is 2. The maximum atomic E-state index is 12.0. The van der Waals surface area contributed by atoms with E-state index < -0.39 is 5.41 Å². The van der Waals surface area contributed by atoms with E-state index in [1.54, 1.807) is 11.9 Å². The molecule has 0 aliphatic carbocycles. The summed E-state index contributed by atoms with van der Waals surface area (Å²) < 4.78 is 0. The minimum atomic E-state index is -0.438. The molecule has 0 bridgehead atoms. The van der Waals surface area contributed by atoms with Crippen molar-refractivity contribution in [1.29, 1.82) is 0 Å². The highest BCUT2D eigenvalue weighted by molar-refractivity contribution is 6.30. The third-order valence-corrected chi connectivity index (χ3v) is 7.02. The number of amides is 2. The smallest absolute Gasteiger partial charge is 0.248 e. The number of aliphatic imine (C=N–C) groups is 1. The van der Waals surface area contributed by atoms with E-state index >= 15 is 0 Å². The predicted molar refractivity (Wildman–Crippen MR) is 146 cm³/mol. The lowest BCUT2D eigenvalue weighted by Gasteiger charge is -2.34. The van der Waals surface area contributed by atoms with E-state index in [0.717, 1.165) is 47.5 Å². The number of rotatable bonds is 4. The Balaban J connectivity index is 0.000000170. The van der Waals surface area contributed by atoms with Gasteiger partial charge >= 0.3 is 0 Å². The number of anilines is 1. The van der Waals surface area contributed by atoms with Crippen molar-refractivity contribution < 1.29 is 9.59 Å². The lowest BCUT2D eigenvalue weighted by Crippen LogP contribution is -2.50. The van der Waals surface area contributed by atoms with Crippen molar-refractivity contribution in [3.63, 3.8) is 0 Å². The van der Waals surface area contributed by atoms with E-state index in [1.807, 2.05) is 78.9 Å². The Hall–Kier alpha value is -3.48. The van der Waals surface area contributed by atoms with Gasteiger partial charge in [-0.25, -0.2) is 0 Å². The Morgan fingerprint density at radius 2 is 1.75 bits per heavy atom. The van der Waals surface area contributed by atoms with E-state index in [-0.39, 0.29) is 18.4 Å². The van der Waals surface area contributed by atoms with Crippen LogP contribution in [-0.4, -0.2) is 44.2 Å². The number of benzodiazepines with no additional fused rings is 1. The van der Waals surface area contributed by atoms with Gasteiger partial charge in [-0.05, 0) is 49.6 Å². The van der Waals surface area contributed by atoms with Gasteiger partial charge in [-0.2, -0.15) is 0 Å². The van der Waals surface area contributed by atoms with Gasteiger partial charge in [0.25, 0.3) is 0 Å². The number of primary amides is 1. The van der Waals surface area contributed by atoms with Crippen LogP contribution in [0.2, 0.25) is 5.02 Å². The van der Waals surface area contributed by atoms with Crippen molar-refractivity contribution >= 4 is 34.8 Å². The topological polar surface area (TPSA) is 87.8 Å². The predicted octanol–water partition coefficient (Wildman–Crippen LogP) is 4.24. The van der Waals surface area contributed by atoms with Crippen LogP contribution in [0.3, 0.4) is 0 Å². The molecule has 1 saturated heterocycles. The number of nitrogens with one attached hydrogen (secondary N) is 1. The highest BCUT2D eigenvalue weighted by atomic mass is 35.5. The fourth-order valence-electron chi connectivity index (χ4n) is 4.69. The molecule has 186 valence electrons. The van der Waals surface area contributed by atoms with Gasteiger partial charge in [0.2, 0.25) is 11.8 Å². The minimum Gasteiger partial charge on any atom is -0.369 e. The number of halogens is 1. The van der Waals surface area contributed by atoms with Gasteiger partial charge < -0.3 is 16.0 Å². The monoisotopic (exact) mass is 502 g/mol. The minimum absolute atomic E-state index is 0.0124. The molecule has 36 heavy (non-hydrogen) atoms. The molecule has 0 saturated carbocycles. The van der Waals surface area contributed by atoms with Crippen molar-refractivity contribution in [2.45, 2.75) is 19.3 Å². The lowest BCUT2D eigenvalue weighted by atomic mass is 9.75. The molecule has 1 atom stereocenters. The molecule has 0 aromatic heterocycles. The van der Waals surface area contributed by atoms with Crippen LogP contribution in [-0.2, 0) is 16.0 Å². The summed E-state index contributed by atoms with van der Waals surface area (Å²) in [5.41, 5.74) is 10.1. The van der Waals surface area contributed by atoms with Crippen molar-refractivity contribution in [2.24, 2.45) is 16.1 Å². The molecule has 1 unspecified atom stereocenters. The molecular weight excluding hydrogens is 472 g/mol.